The van der Waals surface area contributed by atoms with Gasteiger partial charge in [0.1, 0.15) is 66.5 Å². The lowest BCUT2D eigenvalue weighted by Gasteiger charge is -2.31. The lowest BCUT2D eigenvalue weighted by atomic mass is 10.00. The number of nitrogens with two attached hydrogens (primary N) is 4. The summed E-state index contributed by atoms with van der Waals surface area (Å²) in [7, 11) is 0. The van der Waals surface area contributed by atoms with Gasteiger partial charge >= 0.3 is 5.97 Å². The number of nitrogens with one attached hydrogen (secondary N) is 13. The first-order valence-corrected chi connectivity index (χ1v) is 36.6. The summed E-state index contributed by atoms with van der Waals surface area (Å²) < 4.78 is 0. The number of H-pyrrole nitrogens is 1. The number of aliphatic hydroxyl groups is 1. The van der Waals surface area contributed by atoms with Crippen molar-refractivity contribution in [1.82, 2.24) is 78.6 Å². The fourth-order valence-electron chi connectivity index (χ4n) is 11.5. The van der Waals surface area contributed by atoms with Crippen LogP contribution in [0.1, 0.15) is 125 Å². The van der Waals surface area contributed by atoms with Crippen LogP contribution in [0.2, 0.25) is 0 Å². The zero-order chi connectivity index (χ0) is 79.1. The van der Waals surface area contributed by atoms with E-state index in [1.165, 1.54) is 42.3 Å². The van der Waals surface area contributed by atoms with Crippen LogP contribution in [0, 0.1) is 11.8 Å². The molecule has 2 saturated heterocycles. The molecular weight excluding hydrogens is 1400 g/mol. The van der Waals surface area contributed by atoms with E-state index in [1.807, 2.05) is 6.26 Å². The minimum Gasteiger partial charge on any atom is -0.480 e. The van der Waals surface area contributed by atoms with Crippen molar-refractivity contribution in [2.75, 3.05) is 57.9 Å². The second-order valence-electron chi connectivity index (χ2n) is 26.9. The van der Waals surface area contributed by atoms with E-state index in [2.05, 4.69) is 73.8 Å². The molecule has 106 heavy (non-hydrogen) atoms. The van der Waals surface area contributed by atoms with Gasteiger partial charge in [-0.1, -0.05) is 45.9 Å². The molecule has 2 aliphatic heterocycles. The van der Waals surface area contributed by atoms with Gasteiger partial charge < -0.3 is 112 Å². The Balaban J connectivity index is 1.41. The number of benzene rings is 1. The molecule has 0 unspecified atom stereocenters. The number of primary amides is 1. The number of carboxylic acid groups (broad SMARTS) is 1. The molecule has 0 bridgehead atoms. The van der Waals surface area contributed by atoms with Crippen molar-refractivity contribution in [3.05, 3.63) is 36.0 Å². The summed E-state index contributed by atoms with van der Waals surface area (Å²) >= 11 is 1.50. The topological polar surface area (TPSA) is 597 Å². The predicted molar refractivity (Wildman–Crippen MR) is 388 cm³/mol. The molecule has 588 valence electrons. The number of para-hydroxylation sites is 1. The smallest absolute Gasteiger partial charge is 0.325 e. The normalized spacial score (nSPS) is 16.9. The second kappa shape index (κ2) is 43.9. The second-order valence-corrected chi connectivity index (χ2v) is 27.9. The maximum Gasteiger partial charge on any atom is 0.325 e. The quantitative estimate of drug-likeness (QED) is 0.0167. The van der Waals surface area contributed by atoms with Crippen LogP contribution < -0.4 is 86.7 Å². The fraction of sp³-hybridized carbons (Fsp3) is 0.627. The van der Waals surface area contributed by atoms with Crippen LogP contribution in [-0.4, -0.2) is 256 Å². The van der Waals surface area contributed by atoms with Gasteiger partial charge in [-0.2, -0.15) is 11.8 Å². The number of aliphatic imine (C=N–C) groups is 1. The van der Waals surface area contributed by atoms with Crippen LogP contribution >= 0.6 is 11.8 Å². The van der Waals surface area contributed by atoms with Gasteiger partial charge in [0, 0.05) is 49.6 Å². The van der Waals surface area contributed by atoms with Gasteiger partial charge in [-0.05, 0) is 120 Å². The summed E-state index contributed by atoms with van der Waals surface area (Å²) in [6.07, 6.45) is 4.28. The molecule has 0 saturated carbocycles. The largest absolute Gasteiger partial charge is 0.480 e. The maximum atomic E-state index is 14.7. The SMILES string of the molecule is CSCC[C@H](N)C(=O)N[C@@H](C)C(=O)N[C@@H](CC(C)C)C(=O)N[C@@H](CCCN=C(N)N)C(=O)N[C@@H](C)C(=O)N[C@@H](CO)C(=O)N[C@@H](Cc1c[nH]c2ccccc12)C(=O)N[C@@H](CC(C)C)C(=O)N1CCC[C@H]1C(=O)NCC(=O)NCC(=O)NCC(=O)N1CCC[C@H]1C(=O)N[C@@H](CCC(N)=O)C(=O)N[C@@H](C)C(=O)O. The Bertz CT molecular complexity index is 3480. The first-order valence-electron chi connectivity index (χ1n) is 35.2. The number of fused-ring (bicyclic) bond motifs is 1. The number of aliphatic hydroxyl groups excluding tert-OH is 1. The number of likely N-dealkylation sites (tertiary alicyclic amines) is 2. The van der Waals surface area contributed by atoms with E-state index < -0.39 is 193 Å². The van der Waals surface area contributed by atoms with Crippen LogP contribution in [0.4, 0.5) is 0 Å². The molecule has 2 aliphatic rings. The van der Waals surface area contributed by atoms with Crippen molar-refractivity contribution < 1.29 is 86.9 Å². The van der Waals surface area contributed by atoms with E-state index in [9.17, 15) is 86.9 Å². The van der Waals surface area contributed by atoms with Crippen molar-refractivity contribution in [1.29, 1.82) is 0 Å². The number of thioether (sulfide) groups is 1. The highest BCUT2D eigenvalue weighted by molar-refractivity contribution is 7.98. The third-order valence-corrected chi connectivity index (χ3v) is 18.0. The zero-order valence-electron chi connectivity index (χ0n) is 61.1. The molecule has 0 aliphatic carbocycles. The Morgan fingerprint density at radius 3 is 1.66 bits per heavy atom. The summed E-state index contributed by atoms with van der Waals surface area (Å²) in [4.78, 5) is 223. The summed E-state index contributed by atoms with van der Waals surface area (Å²) in [5.74, 6) is -13.4. The fourth-order valence-corrected chi connectivity index (χ4v) is 12.0. The average molecular weight is 1510 g/mol. The Labute approximate surface area is 618 Å². The molecule has 1 aromatic carbocycles. The first kappa shape index (κ1) is 88.2. The predicted octanol–water partition coefficient (Wildman–Crippen LogP) is -5.97. The van der Waals surface area contributed by atoms with Gasteiger partial charge in [-0.25, -0.2) is 0 Å². The van der Waals surface area contributed by atoms with E-state index in [1.54, 1.807) is 58.2 Å². The minimum absolute atomic E-state index is 0.0316. The number of aromatic nitrogens is 1. The Morgan fingerprint density at radius 1 is 0.566 bits per heavy atom. The van der Waals surface area contributed by atoms with Crippen molar-refractivity contribution in [3.63, 3.8) is 0 Å². The summed E-state index contributed by atoms with van der Waals surface area (Å²) in [5.41, 5.74) is 23.5. The van der Waals surface area contributed by atoms with Gasteiger partial charge in [0.15, 0.2) is 5.96 Å². The van der Waals surface area contributed by atoms with Crippen molar-refractivity contribution in [2.45, 2.75) is 198 Å². The number of hydrogen-bond donors (Lipinski definition) is 19. The molecule has 38 nitrogen and oxygen atoms in total. The highest BCUT2D eigenvalue weighted by Crippen LogP contribution is 2.23. The molecule has 39 heteroatoms. The molecule has 2 aromatic rings. The Morgan fingerprint density at radius 2 is 1.07 bits per heavy atom. The van der Waals surface area contributed by atoms with Crippen molar-refractivity contribution in [3.8, 4) is 0 Å². The number of hydrogen-bond acceptors (Lipinski definition) is 20. The molecular formula is C67H106N20O18S. The van der Waals surface area contributed by atoms with Gasteiger partial charge in [0.2, 0.25) is 88.6 Å². The molecule has 1 aromatic heterocycles. The van der Waals surface area contributed by atoms with Crippen LogP contribution in [0.5, 0.6) is 0 Å². The lowest BCUT2D eigenvalue weighted by molar-refractivity contribution is -0.142. The van der Waals surface area contributed by atoms with Crippen molar-refractivity contribution in [2.24, 2.45) is 39.8 Å². The number of guanidine groups is 1. The molecule has 0 spiro atoms. The van der Waals surface area contributed by atoms with Crippen molar-refractivity contribution >= 4 is 123 Å². The molecule has 23 N–H and O–H groups in total. The van der Waals surface area contributed by atoms with Gasteiger partial charge in [0.05, 0.1) is 32.3 Å². The number of aromatic amines is 1. The average Bonchev–Trinajstić information content (AvgIpc) is 1.58. The summed E-state index contributed by atoms with van der Waals surface area (Å²) in [6, 6.07) is -8.40. The molecule has 15 amide bonds. The number of amides is 15. The number of carbonyl (C=O) groups excluding carboxylic acids is 15. The number of carboxylic acids is 1. The highest BCUT2D eigenvalue weighted by atomic mass is 32.2. The number of carbonyl (C=O) groups is 16. The molecule has 2 fully saturated rings. The van der Waals surface area contributed by atoms with E-state index in [0.717, 1.165) is 0 Å². The highest BCUT2D eigenvalue weighted by Gasteiger charge is 2.41. The number of rotatable bonds is 44. The monoisotopic (exact) mass is 1510 g/mol. The minimum atomic E-state index is -1.75. The standard InChI is InChI=1S/C67H106N20O18S/c1-34(2)26-45(82-55(93)36(5)77-57(95)41(68)21-25-106-8)60(98)80-43(16-11-22-72-67(70)71)58(96)78-37(6)56(94)85-48(33-88)62(100)83-46(28-39-29-73-42-15-10-9-14-40(39)42)61(99)84-47(27-35(3)4)65(103)87-24-13-17-49(87)63(101)76-31-53(91)74-30-52(90)75-32-54(92)86-23-12-18-50(86)64(102)81-44(19-20-51(69)89)59(97)79-38(7)66(104)105/h9-10,14-15,29,34-38,41,43-50,73,88H,11-13,16-28,30-33,68H2,1-8H3,(H2,69,89)(H,74,91)(H,75,90)(H,76,101)(H,77,95)(H,78,96)(H,79,97)(H,80,98)(H,81,102)(H,82,93)(H,83,100)(H,84,99)(H,85,94)(H,104,105)(H4,70,71,72)/t36-,37-,38-,41-,43-,44-,45-,46-,47-,48-,49-,50-/m0/s1. The van der Waals surface area contributed by atoms with E-state index in [4.69, 9.17) is 22.9 Å². The van der Waals surface area contributed by atoms with E-state index >= 15 is 0 Å². The van der Waals surface area contributed by atoms with Gasteiger partial charge in [-0.3, -0.25) is 81.7 Å². The van der Waals surface area contributed by atoms with Gasteiger partial charge in [-0.15, -0.1) is 0 Å². The third-order valence-electron chi connectivity index (χ3n) is 17.3. The van der Waals surface area contributed by atoms with Crippen LogP contribution in [-0.2, 0) is 83.1 Å². The molecule has 0 radical (unpaired) electrons. The van der Waals surface area contributed by atoms with Gasteiger partial charge in [0.25, 0.3) is 0 Å². The number of nitrogens with zero attached hydrogens (tertiary/aromatic N) is 3. The Hall–Kier alpha value is -10.2. The molecule has 3 heterocycles. The molecule has 4 rings (SSSR count). The Kier molecular flexibility index (Phi) is 36.6. The summed E-state index contributed by atoms with van der Waals surface area (Å²) in [6.45, 7) is 8.32. The zero-order valence-corrected chi connectivity index (χ0v) is 61.9. The first-order chi connectivity index (χ1) is 50.0. The van der Waals surface area contributed by atoms with Crippen LogP contribution in [0.3, 0.4) is 0 Å². The van der Waals surface area contributed by atoms with E-state index in [0.29, 0.717) is 41.5 Å². The van der Waals surface area contributed by atoms with Crippen LogP contribution in [0.25, 0.3) is 10.9 Å². The van der Waals surface area contributed by atoms with Crippen LogP contribution in [0.15, 0.2) is 35.5 Å². The van der Waals surface area contributed by atoms with E-state index in [-0.39, 0.29) is 95.2 Å². The third kappa shape index (κ3) is 29.0. The maximum absolute atomic E-state index is 14.7. The summed E-state index contributed by atoms with van der Waals surface area (Å²) in [5, 5.41) is 50.5. The molecule has 12 atom stereocenters. The lowest BCUT2D eigenvalue weighted by Crippen LogP contribution is -2.61. The number of aliphatic carboxylic acids is 1.